The van der Waals surface area contributed by atoms with Gasteiger partial charge in [0.1, 0.15) is 11.6 Å². The lowest BCUT2D eigenvalue weighted by atomic mass is 10.2. The molecular weight excluding hydrogens is 256 g/mol. The summed E-state index contributed by atoms with van der Waals surface area (Å²) in [5.41, 5.74) is -0.0540. The van der Waals surface area contributed by atoms with Gasteiger partial charge in [0.15, 0.2) is 0 Å². The molecule has 1 unspecified atom stereocenters. The van der Waals surface area contributed by atoms with Gasteiger partial charge < -0.3 is 14.6 Å². The zero-order valence-electron chi connectivity index (χ0n) is 12.0. The molecule has 3 heterocycles. The van der Waals surface area contributed by atoms with Crippen LogP contribution in [0.1, 0.15) is 19.2 Å². The molecule has 0 aromatic carbocycles. The van der Waals surface area contributed by atoms with Crippen molar-refractivity contribution >= 4 is 5.82 Å². The second-order valence-corrected chi connectivity index (χ2v) is 5.44. The first-order valence-corrected chi connectivity index (χ1v) is 7.43. The SMILES string of the molecule is CCc1nc(N2CCC(N3CCOCC3)C2)cc(=O)[nH]1. The lowest BCUT2D eigenvalue weighted by molar-refractivity contribution is 0.0209. The van der Waals surface area contributed by atoms with Crippen LogP contribution in [0.15, 0.2) is 10.9 Å². The highest BCUT2D eigenvalue weighted by Crippen LogP contribution is 2.21. The Morgan fingerprint density at radius 1 is 1.40 bits per heavy atom. The summed E-state index contributed by atoms with van der Waals surface area (Å²) in [7, 11) is 0. The van der Waals surface area contributed by atoms with Crippen molar-refractivity contribution in [2.45, 2.75) is 25.8 Å². The van der Waals surface area contributed by atoms with Crippen LogP contribution in [0.5, 0.6) is 0 Å². The third-order valence-corrected chi connectivity index (χ3v) is 4.16. The number of nitrogens with one attached hydrogen (secondary N) is 1. The number of aryl methyl sites for hydroxylation is 1. The van der Waals surface area contributed by atoms with Crippen LogP contribution >= 0.6 is 0 Å². The molecule has 1 aromatic rings. The summed E-state index contributed by atoms with van der Waals surface area (Å²) in [4.78, 5) is 23.7. The average Bonchev–Trinajstić information content (AvgIpc) is 2.97. The molecule has 0 saturated carbocycles. The van der Waals surface area contributed by atoms with Crippen molar-refractivity contribution in [3.63, 3.8) is 0 Å². The quantitative estimate of drug-likeness (QED) is 0.858. The number of morpholine rings is 1. The third-order valence-electron chi connectivity index (χ3n) is 4.16. The molecular formula is C14H22N4O2. The standard InChI is InChI=1S/C14H22N4O2/c1-2-12-15-13(9-14(19)16-12)18-4-3-11(10-18)17-5-7-20-8-6-17/h9,11H,2-8,10H2,1H3,(H,15,16,19). The Morgan fingerprint density at radius 3 is 2.95 bits per heavy atom. The first-order valence-electron chi connectivity index (χ1n) is 7.43. The Labute approximate surface area is 118 Å². The smallest absolute Gasteiger partial charge is 0.252 e. The summed E-state index contributed by atoms with van der Waals surface area (Å²) in [6.45, 7) is 7.63. The highest BCUT2D eigenvalue weighted by atomic mass is 16.5. The first kappa shape index (κ1) is 13.6. The van der Waals surface area contributed by atoms with Crippen LogP contribution in [0.25, 0.3) is 0 Å². The van der Waals surface area contributed by atoms with Crippen molar-refractivity contribution in [2.75, 3.05) is 44.3 Å². The van der Waals surface area contributed by atoms with E-state index in [1.54, 1.807) is 6.07 Å². The fourth-order valence-corrected chi connectivity index (χ4v) is 3.01. The molecule has 0 bridgehead atoms. The van der Waals surface area contributed by atoms with E-state index in [2.05, 4.69) is 19.8 Å². The van der Waals surface area contributed by atoms with E-state index in [0.29, 0.717) is 6.04 Å². The van der Waals surface area contributed by atoms with Crippen molar-refractivity contribution in [1.82, 2.24) is 14.9 Å². The van der Waals surface area contributed by atoms with Crippen LogP contribution in [0.4, 0.5) is 5.82 Å². The number of hydrogen-bond acceptors (Lipinski definition) is 5. The predicted molar refractivity (Wildman–Crippen MR) is 77.2 cm³/mol. The van der Waals surface area contributed by atoms with Gasteiger partial charge in [0, 0.05) is 44.7 Å². The number of ether oxygens (including phenoxy) is 1. The molecule has 0 amide bonds. The topological polar surface area (TPSA) is 61.5 Å². The van der Waals surface area contributed by atoms with Gasteiger partial charge in [-0.05, 0) is 6.42 Å². The van der Waals surface area contributed by atoms with Gasteiger partial charge in [0.05, 0.1) is 13.2 Å². The van der Waals surface area contributed by atoms with Crippen molar-refractivity contribution in [2.24, 2.45) is 0 Å². The van der Waals surface area contributed by atoms with E-state index in [4.69, 9.17) is 4.74 Å². The van der Waals surface area contributed by atoms with E-state index in [-0.39, 0.29) is 5.56 Å². The Kier molecular flexibility index (Phi) is 4.03. The van der Waals surface area contributed by atoms with Crippen molar-refractivity contribution in [1.29, 1.82) is 0 Å². The maximum atomic E-state index is 11.7. The minimum atomic E-state index is -0.0540. The van der Waals surface area contributed by atoms with Gasteiger partial charge in [0.2, 0.25) is 0 Å². The lowest BCUT2D eigenvalue weighted by Crippen LogP contribution is -2.44. The molecule has 0 spiro atoms. The molecule has 1 N–H and O–H groups in total. The Bertz CT molecular complexity index is 510. The summed E-state index contributed by atoms with van der Waals surface area (Å²) < 4.78 is 5.40. The number of aromatic amines is 1. The number of hydrogen-bond donors (Lipinski definition) is 1. The van der Waals surface area contributed by atoms with Crippen LogP contribution in [-0.2, 0) is 11.2 Å². The van der Waals surface area contributed by atoms with Crippen LogP contribution < -0.4 is 10.5 Å². The molecule has 2 aliphatic rings. The summed E-state index contributed by atoms with van der Waals surface area (Å²) in [6, 6.07) is 2.17. The number of anilines is 1. The van der Waals surface area contributed by atoms with Gasteiger partial charge in [-0.15, -0.1) is 0 Å². The second-order valence-electron chi connectivity index (χ2n) is 5.44. The minimum Gasteiger partial charge on any atom is -0.379 e. The zero-order valence-corrected chi connectivity index (χ0v) is 12.0. The van der Waals surface area contributed by atoms with E-state index in [1.807, 2.05) is 6.92 Å². The fraction of sp³-hybridized carbons (Fsp3) is 0.714. The Balaban J connectivity index is 1.70. The van der Waals surface area contributed by atoms with E-state index >= 15 is 0 Å². The Morgan fingerprint density at radius 2 is 2.20 bits per heavy atom. The molecule has 1 atom stereocenters. The van der Waals surface area contributed by atoms with Crippen LogP contribution in [0.2, 0.25) is 0 Å². The second kappa shape index (κ2) is 5.93. The molecule has 6 nitrogen and oxygen atoms in total. The molecule has 0 radical (unpaired) electrons. The summed E-state index contributed by atoms with van der Waals surface area (Å²) in [5, 5.41) is 0. The molecule has 1 aromatic heterocycles. The molecule has 110 valence electrons. The predicted octanol–water partition coefficient (Wildman–Crippen LogP) is 0.243. The summed E-state index contributed by atoms with van der Waals surface area (Å²) in [6.07, 6.45) is 1.89. The van der Waals surface area contributed by atoms with Crippen molar-refractivity contribution in [3.05, 3.63) is 22.2 Å². The van der Waals surface area contributed by atoms with Crippen molar-refractivity contribution in [3.8, 4) is 0 Å². The van der Waals surface area contributed by atoms with Crippen LogP contribution in [0, 0.1) is 0 Å². The van der Waals surface area contributed by atoms with Gasteiger partial charge in [-0.25, -0.2) is 4.98 Å². The van der Waals surface area contributed by atoms with Crippen molar-refractivity contribution < 1.29 is 4.74 Å². The highest BCUT2D eigenvalue weighted by Gasteiger charge is 2.29. The van der Waals surface area contributed by atoms with E-state index in [0.717, 1.165) is 63.9 Å². The van der Waals surface area contributed by atoms with Crippen LogP contribution in [0.3, 0.4) is 0 Å². The molecule has 0 aliphatic carbocycles. The molecule has 2 aliphatic heterocycles. The normalized spacial score (nSPS) is 24.2. The molecule has 20 heavy (non-hydrogen) atoms. The van der Waals surface area contributed by atoms with E-state index in [9.17, 15) is 4.79 Å². The Hall–Kier alpha value is -1.40. The summed E-state index contributed by atoms with van der Waals surface area (Å²) >= 11 is 0. The first-order chi connectivity index (χ1) is 9.76. The number of rotatable bonds is 3. The number of nitrogens with zero attached hydrogens (tertiary/aromatic N) is 3. The van der Waals surface area contributed by atoms with Gasteiger partial charge in [-0.2, -0.15) is 0 Å². The molecule has 2 fully saturated rings. The lowest BCUT2D eigenvalue weighted by Gasteiger charge is -2.32. The summed E-state index contributed by atoms with van der Waals surface area (Å²) in [5.74, 6) is 1.59. The number of aromatic nitrogens is 2. The van der Waals surface area contributed by atoms with Gasteiger partial charge in [-0.1, -0.05) is 6.92 Å². The van der Waals surface area contributed by atoms with Crippen LogP contribution in [-0.4, -0.2) is 60.3 Å². The van der Waals surface area contributed by atoms with Gasteiger partial charge >= 0.3 is 0 Å². The average molecular weight is 278 g/mol. The number of H-pyrrole nitrogens is 1. The molecule has 2 saturated heterocycles. The minimum absolute atomic E-state index is 0.0540. The maximum Gasteiger partial charge on any atom is 0.252 e. The largest absolute Gasteiger partial charge is 0.379 e. The monoisotopic (exact) mass is 278 g/mol. The fourth-order valence-electron chi connectivity index (χ4n) is 3.01. The zero-order chi connectivity index (χ0) is 13.9. The van der Waals surface area contributed by atoms with E-state index < -0.39 is 0 Å². The molecule has 3 rings (SSSR count). The maximum absolute atomic E-state index is 11.7. The molecule has 6 heteroatoms. The van der Waals surface area contributed by atoms with Gasteiger partial charge in [-0.3, -0.25) is 9.69 Å². The van der Waals surface area contributed by atoms with E-state index in [1.165, 1.54) is 0 Å². The highest BCUT2D eigenvalue weighted by molar-refractivity contribution is 5.39. The van der Waals surface area contributed by atoms with Gasteiger partial charge in [0.25, 0.3) is 5.56 Å². The third kappa shape index (κ3) is 2.86.